The molecule has 27 heavy (non-hydrogen) atoms. The van der Waals surface area contributed by atoms with Crippen LogP contribution in [0.4, 0.5) is 10.5 Å². The first-order valence-corrected chi connectivity index (χ1v) is 10.2. The minimum Gasteiger partial charge on any atom is -0.371 e. The number of amides is 2. The standard InChI is InChI=1S/C23H31N3O/c1-2-16-26-17-6-9-21-18-20(10-11-22(21)26)13-15-25-23(27)24-14-12-19-7-4-3-5-8-19/h3-5,7-8,10-11,18H,2,6,9,12-17H2,1H3,(H2,24,25,27). The molecule has 0 aromatic heterocycles. The number of benzene rings is 2. The first-order chi connectivity index (χ1) is 13.3. The van der Waals surface area contributed by atoms with E-state index in [4.69, 9.17) is 0 Å². The molecule has 0 saturated heterocycles. The molecule has 0 aliphatic carbocycles. The lowest BCUT2D eigenvalue weighted by Gasteiger charge is -2.31. The Balaban J connectivity index is 1.40. The van der Waals surface area contributed by atoms with Crippen molar-refractivity contribution >= 4 is 11.7 Å². The van der Waals surface area contributed by atoms with Crippen LogP contribution in [0.25, 0.3) is 0 Å². The average Bonchev–Trinajstić information content (AvgIpc) is 2.69. The van der Waals surface area contributed by atoms with Gasteiger partial charge in [0.05, 0.1) is 0 Å². The van der Waals surface area contributed by atoms with Crippen molar-refractivity contribution in [1.29, 1.82) is 0 Å². The molecule has 2 aromatic rings. The van der Waals surface area contributed by atoms with Crippen molar-refractivity contribution in [3.63, 3.8) is 0 Å². The van der Waals surface area contributed by atoms with E-state index in [0.717, 1.165) is 25.8 Å². The number of rotatable bonds is 8. The van der Waals surface area contributed by atoms with Crippen molar-refractivity contribution in [2.24, 2.45) is 0 Å². The van der Waals surface area contributed by atoms with Gasteiger partial charge < -0.3 is 15.5 Å². The minimum atomic E-state index is -0.0852. The fourth-order valence-corrected chi connectivity index (χ4v) is 3.73. The molecule has 2 N–H and O–H groups in total. The Labute approximate surface area is 163 Å². The van der Waals surface area contributed by atoms with Crippen molar-refractivity contribution in [3.05, 3.63) is 65.2 Å². The highest BCUT2D eigenvalue weighted by Crippen LogP contribution is 2.28. The molecule has 1 aliphatic rings. The number of carbonyl (C=O) groups is 1. The molecule has 0 spiro atoms. The van der Waals surface area contributed by atoms with Crippen molar-refractivity contribution in [2.75, 3.05) is 31.1 Å². The second-order valence-corrected chi connectivity index (χ2v) is 7.22. The van der Waals surface area contributed by atoms with E-state index in [1.807, 2.05) is 18.2 Å². The van der Waals surface area contributed by atoms with Crippen LogP contribution in [0.3, 0.4) is 0 Å². The summed E-state index contributed by atoms with van der Waals surface area (Å²) in [5.41, 5.74) is 5.40. The van der Waals surface area contributed by atoms with Crippen LogP contribution in [0.5, 0.6) is 0 Å². The van der Waals surface area contributed by atoms with E-state index < -0.39 is 0 Å². The number of carbonyl (C=O) groups excluding carboxylic acids is 1. The molecule has 0 fully saturated rings. The summed E-state index contributed by atoms with van der Waals surface area (Å²) in [6.45, 7) is 5.86. The van der Waals surface area contributed by atoms with E-state index in [0.29, 0.717) is 13.1 Å². The largest absolute Gasteiger partial charge is 0.371 e. The summed E-state index contributed by atoms with van der Waals surface area (Å²) in [5, 5.41) is 5.90. The van der Waals surface area contributed by atoms with Crippen LogP contribution in [-0.2, 0) is 19.3 Å². The predicted octanol–water partition coefficient (Wildman–Crippen LogP) is 3.93. The molecular formula is C23H31N3O. The molecular weight excluding hydrogens is 334 g/mol. The Kier molecular flexibility index (Phi) is 7.14. The number of nitrogens with zero attached hydrogens (tertiary/aromatic N) is 1. The van der Waals surface area contributed by atoms with Gasteiger partial charge in [0.25, 0.3) is 0 Å². The maximum absolute atomic E-state index is 11.9. The normalized spacial score (nSPS) is 13.1. The highest BCUT2D eigenvalue weighted by atomic mass is 16.2. The number of urea groups is 1. The number of aryl methyl sites for hydroxylation is 1. The van der Waals surface area contributed by atoms with E-state index in [1.165, 1.54) is 41.8 Å². The Morgan fingerprint density at radius 3 is 2.48 bits per heavy atom. The number of anilines is 1. The number of nitrogens with one attached hydrogen (secondary N) is 2. The lowest BCUT2D eigenvalue weighted by molar-refractivity contribution is 0.241. The third-order valence-corrected chi connectivity index (χ3v) is 5.09. The third kappa shape index (κ3) is 5.75. The van der Waals surface area contributed by atoms with Gasteiger partial charge in [0.1, 0.15) is 0 Å². The van der Waals surface area contributed by atoms with Gasteiger partial charge in [-0.25, -0.2) is 4.79 Å². The summed E-state index contributed by atoms with van der Waals surface area (Å²) in [7, 11) is 0. The van der Waals surface area contributed by atoms with Gasteiger partial charge in [-0.15, -0.1) is 0 Å². The first kappa shape index (κ1) is 19.3. The average molecular weight is 366 g/mol. The summed E-state index contributed by atoms with van der Waals surface area (Å²) in [4.78, 5) is 14.4. The van der Waals surface area contributed by atoms with E-state index in [2.05, 4.69) is 52.8 Å². The molecule has 4 heteroatoms. The molecule has 2 amide bonds. The third-order valence-electron chi connectivity index (χ3n) is 5.09. The van der Waals surface area contributed by atoms with Crippen LogP contribution in [0.1, 0.15) is 36.5 Å². The zero-order chi connectivity index (χ0) is 18.9. The Morgan fingerprint density at radius 2 is 1.74 bits per heavy atom. The van der Waals surface area contributed by atoms with Crippen LogP contribution < -0.4 is 15.5 Å². The van der Waals surface area contributed by atoms with E-state index >= 15 is 0 Å². The van der Waals surface area contributed by atoms with Crippen LogP contribution in [0.2, 0.25) is 0 Å². The maximum Gasteiger partial charge on any atom is 0.314 e. The minimum absolute atomic E-state index is 0.0852. The van der Waals surface area contributed by atoms with Gasteiger partial charge in [0, 0.05) is 31.9 Å². The van der Waals surface area contributed by atoms with Gasteiger partial charge in [0.2, 0.25) is 0 Å². The van der Waals surface area contributed by atoms with E-state index in [-0.39, 0.29) is 6.03 Å². The van der Waals surface area contributed by atoms with Crippen LogP contribution in [0.15, 0.2) is 48.5 Å². The van der Waals surface area contributed by atoms with Crippen molar-refractivity contribution < 1.29 is 4.79 Å². The molecule has 0 saturated carbocycles. The van der Waals surface area contributed by atoms with Gasteiger partial charge in [0.15, 0.2) is 0 Å². The van der Waals surface area contributed by atoms with Crippen LogP contribution >= 0.6 is 0 Å². The zero-order valence-corrected chi connectivity index (χ0v) is 16.3. The first-order valence-electron chi connectivity index (χ1n) is 10.2. The molecule has 2 aromatic carbocycles. The lowest BCUT2D eigenvalue weighted by Crippen LogP contribution is -2.37. The Bertz CT molecular complexity index is 730. The molecule has 4 nitrogen and oxygen atoms in total. The van der Waals surface area contributed by atoms with Crippen LogP contribution in [0, 0.1) is 0 Å². The fourth-order valence-electron chi connectivity index (χ4n) is 3.73. The summed E-state index contributed by atoms with van der Waals surface area (Å²) in [5.74, 6) is 0. The summed E-state index contributed by atoms with van der Waals surface area (Å²) in [6, 6.07) is 16.9. The number of fused-ring (bicyclic) bond motifs is 1. The highest BCUT2D eigenvalue weighted by Gasteiger charge is 2.16. The molecule has 0 bridgehead atoms. The monoisotopic (exact) mass is 365 g/mol. The summed E-state index contributed by atoms with van der Waals surface area (Å²) >= 11 is 0. The summed E-state index contributed by atoms with van der Waals surface area (Å²) < 4.78 is 0. The van der Waals surface area contributed by atoms with Gasteiger partial charge in [-0.2, -0.15) is 0 Å². The quantitative estimate of drug-likeness (QED) is 0.744. The van der Waals surface area contributed by atoms with Gasteiger partial charge >= 0.3 is 6.03 Å². The van der Waals surface area contributed by atoms with Crippen LogP contribution in [-0.4, -0.2) is 32.2 Å². The van der Waals surface area contributed by atoms with Crippen molar-refractivity contribution in [2.45, 2.75) is 39.0 Å². The SMILES string of the molecule is CCCN1CCCc2cc(CCNC(=O)NCCc3ccccc3)ccc21. The number of hydrogen-bond donors (Lipinski definition) is 2. The maximum atomic E-state index is 11.9. The van der Waals surface area contributed by atoms with Crippen molar-refractivity contribution in [1.82, 2.24) is 10.6 Å². The fraction of sp³-hybridized carbons (Fsp3) is 0.435. The topological polar surface area (TPSA) is 44.4 Å². The second kappa shape index (κ2) is 10.0. The number of hydrogen-bond acceptors (Lipinski definition) is 2. The van der Waals surface area contributed by atoms with Gasteiger partial charge in [-0.3, -0.25) is 0 Å². The van der Waals surface area contributed by atoms with E-state index in [1.54, 1.807) is 0 Å². The zero-order valence-electron chi connectivity index (χ0n) is 16.3. The second-order valence-electron chi connectivity index (χ2n) is 7.22. The van der Waals surface area contributed by atoms with Crippen molar-refractivity contribution in [3.8, 4) is 0 Å². The molecule has 1 heterocycles. The summed E-state index contributed by atoms with van der Waals surface area (Å²) in [6.07, 6.45) is 5.31. The lowest BCUT2D eigenvalue weighted by atomic mass is 9.98. The van der Waals surface area contributed by atoms with Gasteiger partial charge in [-0.05, 0) is 54.9 Å². The highest BCUT2D eigenvalue weighted by molar-refractivity contribution is 5.73. The molecule has 144 valence electrons. The smallest absolute Gasteiger partial charge is 0.314 e. The molecule has 0 radical (unpaired) electrons. The Morgan fingerprint density at radius 1 is 1.00 bits per heavy atom. The molecule has 0 atom stereocenters. The molecule has 1 aliphatic heterocycles. The Hall–Kier alpha value is -2.49. The predicted molar refractivity (Wildman–Crippen MR) is 113 cm³/mol. The van der Waals surface area contributed by atoms with Gasteiger partial charge in [-0.1, -0.05) is 49.4 Å². The molecule has 3 rings (SSSR count). The van der Waals surface area contributed by atoms with E-state index in [9.17, 15) is 4.79 Å². The molecule has 0 unspecified atom stereocenters.